The Labute approximate surface area is 119 Å². The highest BCUT2D eigenvalue weighted by Crippen LogP contribution is 2.13. The lowest BCUT2D eigenvalue weighted by Crippen LogP contribution is -2.25. The van der Waals surface area contributed by atoms with Gasteiger partial charge in [0.1, 0.15) is 5.76 Å². The highest BCUT2D eigenvalue weighted by molar-refractivity contribution is 7.89. The largest absolute Gasteiger partial charge is 0.447 e. The highest BCUT2D eigenvalue weighted by Gasteiger charge is 2.17. The molecule has 0 aliphatic heterocycles. The molecular weight excluding hydrogens is 276 g/mol. The molecule has 5 nitrogen and oxygen atoms in total. The van der Waals surface area contributed by atoms with Crippen LogP contribution in [-0.2, 0) is 23.0 Å². The maximum atomic E-state index is 12.0. The van der Waals surface area contributed by atoms with Crippen molar-refractivity contribution in [1.29, 1.82) is 0 Å². The van der Waals surface area contributed by atoms with Crippen LogP contribution in [0.1, 0.15) is 11.3 Å². The number of nitrogens with one attached hydrogen (secondary N) is 2. The second-order valence-electron chi connectivity index (χ2n) is 4.38. The first kappa shape index (κ1) is 14.8. The molecule has 20 heavy (non-hydrogen) atoms. The SMILES string of the molecule is CNCc1ccc(S(=O)(=O)NCCc2ccccc2)o1. The Hall–Kier alpha value is -1.63. The van der Waals surface area contributed by atoms with Crippen LogP contribution < -0.4 is 10.0 Å². The fourth-order valence-electron chi connectivity index (χ4n) is 1.82. The Morgan fingerprint density at radius 3 is 2.55 bits per heavy atom. The molecule has 2 N–H and O–H groups in total. The molecule has 0 bridgehead atoms. The molecule has 0 aliphatic carbocycles. The van der Waals surface area contributed by atoms with Crippen molar-refractivity contribution in [2.45, 2.75) is 18.1 Å². The first-order valence-corrected chi connectivity index (χ1v) is 7.87. The van der Waals surface area contributed by atoms with E-state index in [2.05, 4.69) is 10.0 Å². The Balaban J connectivity index is 1.93. The van der Waals surface area contributed by atoms with E-state index in [1.165, 1.54) is 6.07 Å². The number of hydrogen-bond acceptors (Lipinski definition) is 4. The van der Waals surface area contributed by atoms with E-state index in [9.17, 15) is 8.42 Å². The molecule has 1 heterocycles. The van der Waals surface area contributed by atoms with E-state index in [-0.39, 0.29) is 5.09 Å². The van der Waals surface area contributed by atoms with E-state index in [1.54, 1.807) is 13.1 Å². The Bertz CT molecular complexity index is 635. The average molecular weight is 294 g/mol. The Morgan fingerprint density at radius 1 is 1.10 bits per heavy atom. The lowest BCUT2D eigenvalue weighted by atomic mass is 10.2. The fraction of sp³-hybridized carbons (Fsp3) is 0.286. The number of sulfonamides is 1. The molecule has 2 rings (SSSR count). The van der Waals surface area contributed by atoms with Gasteiger partial charge >= 0.3 is 0 Å². The van der Waals surface area contributed by atoms with E-state index in [0.29, 0.717) is 25.3 Å². The molecular formula is C14H18N2O3S. The summed E-state index contributed by atoms with van der Waals surface area (Å²) in [6.07, 6.45) is 0.643. The topological polar surface area (TPSA) is 71.3 Å². The summed E-state index contributed by atoms with van der Waals surface area (Å²) in [6.45, 7) is 0.841. The lowest BCUT2D eigenvalue weighted by molar-refractivity contribution is 0.404. The summed E-state index contributed by atoms with van der Waals surface area (Å²) >= 11 is 0. The van der Waals surface area contributed by atoms with Gasteiger partial charge in [-0.2, -0.15) is 0 Å². The average Bonchev–Trinajstić information content (AvgIpc) is 2.90. The van der Waals surface area contributed by atoms with Crippen molar-refractivity contribution in [2.75, 3.05) is 13.6 Å². The van der Waals surface area contributed by atoms with E-state index in [4.69, 9.17) is 4.42 Å². The third kappa shape index (κ3) is 3.93. The molecule has 2 aromatic rings. The highest BCUT2D eigenvalue weighted by atomic mass is 32.2. The van der Waals surface area contributed by atoms with Gasteiger partial charge in [-0.05, 0) is 31.2 Å². The van der Waals surface area contributed by atoms with E-state index < -0.39 is 10.0 Å². The summed E-state index contributed by atoms with van der Waals surface area (Å²) in [7, 11) is -1.80. The van der Waals surface area contributed by atoms with E-state index in [1.807, 2.05) is 30.3 Å². The van der Waals surface area contributed by atoms with Gasteiger partial charge in [-0.3, -0.25) is 0 Å². The van der Waals surface area contributed by atoms with Crippen molar-refractivity contribution in [2.24, 2.45) is 0 Å². The van der Waals surface area contributed by atoms with Crippen molar-refractivity contribution in [3.05, 3.63) is 53.8 Å². The number of hydrogen-bond donors (Lipinski definition) is 2. The van der Waals surface area contributed by atoms with Gasteiger partial charge in [-0.1, -0.05) is 30.3 Å². The van der Waals surface area contributed by atoms with Crippen molar-refractivity contribution in [3.63, 3.8) is 0 Å². The number of furan rings is 1. The summed E-state index contributed by atoms with van der Waals surface area (Å²) < 4.78 is 31.8. The second kappa shape index (κ2) is 6.69. The van der Waals surface area contributed by atoms with Crippen LogP contribution in [0.3, 0.4) is 0 Å². The van der Waals surface area contributed by atoms with Crippen molar-refractivity contribution >= 4 is 10.0 Å². The van der Waals surface area contributed by atoms with Gasteiger partial charge in [0.15, 0.2) is 0 Å². The van der Waals surface area contributed by atoms with Crippen LogP contribution in [-0.4, -0.2) is 22.0 Å². The summed E-state index contributed by atoms with van der Waals surface area (Å²) in [5.74, 6) is 0.593. The van der Waals surface area contributed by atoms with Gasteiger partial charge in [0.05, 0.1) is 6.54 Å². The molecule has 0 saturated heterocycles. The normalized spacial score (nSPS) is 11.7. The summed E-state index contributed by atoms with van der Waals surface area (Å²) in [4.78, 5) is 0. The first-order valence-electron chi connectivity index (χ1n) is 6.39. The van der Waals surface area contributed by atoms with Crippen molar-refractivity contribution in [3.8, 4) is 0 Å². The molecule has 0 saturated carbocycles. The van der Waals surface area contributed by atoms with Crippen LogP contribution in [0.2, 0.25) is 0 Å². The smallest absolute Gasteiger partial charge is 0.273 e. The van der Waals surface area contributed by atoms with Gasteiger partial charge < -0.3 is 9.73 Å². The minimum Gasteiger partial charge on any atom is -0.447 e. The molecule has 1 aromatic heterocycles. The monoisotopic (exact) mass is 294 g/mol. The summed E-state index contributed by atoms with van der Waals surface area (Å²) in [5.41, 5.74) is 1.09. The Morgan fingerprint density at radius 2 is 1.85 bits per heavy atom. The third-order valence-electron chi connectivity index (χ3n) is 2.80. The standard InChI is InChI=1S/C14H18N2O3S/c1-15-11-13-7-8-14(19-13)20(17,18)16-10-9-12-5-3-2-4-6-12/h2-8,15-16H,9-11H2,1H3. The van der Waals surface area contributed by atoms with E-state index >= 15 is 0 Å². The zero-order chi connectivity index (χ0) is 14.4. The third-order valence-corrected chi connectivity index (χ3v) is 4.13. The van der Waals surface area contributed by atoms with Crippen LogP contribution in [0, 0.1) is 0 Å². The first-order chi connectivity index (χ1) is 9.62. The zero-order valence-corrected chi connectivity index (χ0v) is 12.1. The molecule has 0 fully saturated rings. The summed E-state index contributed by atoms with van der Waals surface area (Å²) in [5, 5.41) is 2.86. The van der Waals surface area contributed by atoms with Crippen molar-refractivity contribution in [1.82, 2.24) is 10.0 Å². The molecule has 0 radical (unpaired) electrons. The van der Waals surface area contributed by atoms with E-state index in [0.717, 1.165) is 5.56 Å². The predicted molar refractivity (Wildman–Crippen MR) is 76.8 cm³/mol. The minimum atomic E-state index is -3.57. The zero-order valence-electron chi connectivity index (χ0n) is 11.3. The van der Waals surface area contributed by atoms with Crippen LogP contribution in [0.4, 0.5) is 0 Å². The number of rotatable bonds is 7. The van der Waals surface area contributed by atoms with Crippen molar-refractivity contribution < 1.29 is 12.8 Å². The van der Waals surface area contributed by atoms with Crippen LogP contribution in [0.25, 0.3) is 0 Å². The van der Waals surface area contributed by atoms with Gasteiger partial charge in [0, 0.05) is 6.54 Å². The lowest BCUT2D eigenvalue weighted by Gasteiger charge is -2.04. The molecule has 0 aliphatic rings. The molecule has 108 valence electrons. The quantitative estimate of drug-likeness (QED) is 0.812. The van der Waals surface area contributed by atoms with Crippen LogP contribution in [0.5, 0.6) is 0 Å². The summed E-state index contributed by atoms with van der Waals surface area (Å²) in [6, 6.07) is 12.8. The molecule has 0 spiro atoms. The second-order valence-corrected chi connectivity index (χ2v) is 6.08. The Kier molecular flexibility index (Phi) is 4.94. The molecule has 0 atom stereocenters. The molecule has 0 unspecified atom stereocenters. The van der Waals surface area contributed by atoms with Crippen LogP contribution in [0.15, 0.2) is 52.0 Å². The maximum Gasteiger partial charge on any atom is 0.273 e. The minimum absolute atomic E-state index is 0.0455. The van der Waals surface area contributed by atoms with Gasteiger partial charge in [0.25, 0.3) is 10.0 Å². The van der Waals surface area contributed by atoms with Gasteiger partial charge in [0.2, 0.25) is 5.09 Å². The molecule has 6 heteroatoms. The molecule has 0 amide bonds. The van der Waals surface area contributed by atoms with Crippen LogP contribution >= 0.6 is 0 Å². The number of benzene rings is 1. The van der Waals surface area contributed by atoms with Gasteiger partial charge in [-0.25, -0.2) is 13.1 Å². The maximum absolute atomic E-state index is 12.0. The predicted octanol–water partition coefficient (Wildman–Crippen LogP) is 1.52. The van der Waals surface area contributed by atoms with Gasteiger partial charge in [-0.15, -0.1) is 0 Å². The molecule has 1 aromatic carbocycles. The fourth-order valence-corrected chi connectivity index (χ4v) is 2.79.